The number of nitriles is 1. The standard InChI is InChI=1S/C19H17N3OS3/c1-13(2)26(23)12-25-18-16(11-20)15(14-6-4-3-5-7-14)10-17(22-18)19-21-8-9-24-19/h3-10,13H,12H2,1-2H3. The average Bonchev–Trinajstić information content (AvgIpc) is 3.20. The lowest BCUT2D eigenvalue weighted by Gasteiger charge is -2.15. The summed E-state index contributed by atoms with van der Waals surface area (Å²) in [5.41, 5.74) is 3.03. The number of aromatic nitrogens is 2. The number of thioether (sulfide) groups is 1. The number of rotatable bonds is 6. The highest BCUT2D eigenvalue weighted by atomic mass is 32.3. The van der Waals surface area contributed by atoms with Gasteiger partial charge in [0.1, 0.15) is 27.0 Å². The van der Waals surface area contributed by atoms with E-state index in [-0.39, 0.29) is 5.25 Å². The first-order chi connectivity index (χ1) is 12.6. The molecule has 0 saturated carbocycles. The first-order valence-electron chi connectivity index (χ1n) is 8.00. The second-order valence-electron chi connectivity index (χ2n) is 5.74. The Balaban J connectivity index is 2.09. The van der Waals surface area contributed by atoms with Gasteiger partial charge in [-0.3, -0.25) is 0 Å². The van der Waals surface area contributed by atoms with E-state index in [2.05, 4.69) is 16.0 Å². The van der Waals surface area contributed by atoms with Gasteiger partial charge in [0.2, 0.25) is 0 Å². The van der Waals surface area contributed by atoms with Gasteiger partial charge in [0.05, 0.1) is 5.56 Å². The molecule has 3 rings (SSSR count). The van der Waals surface area contributed by atoms with Crippen molar-refractivity contribution in [3.63, 3.8) is 0 Å². The summed E-state index contributed by atoms with van der Waals surface area (Å²) in [5.74, 6) is 0. The van der Waals surface area contributed by atoms with Crippen molar-refractivity contribution >= 4 is 34.3 Å². The van der Waals surface area contributed by atoms with Crippen molar-refractivity contribution in [1.29, 1.82) is 5.26 Å². The largest absolute Gasteiger partial charge is 0.615 e. The minimum atomic E-state index is -0.976. The second kappa shape index (κ2) is 8.69. The molecule has 0 bridgehead atoms. The molecule has 0 fully saturated rings. The molecule has 132 valence electrons. The first-order valence-corrected chi connectivity index (χ1v) is 11.2. The molecule has 0 aliphatic carbocycles. The Morgan fingerprint density at radius 2 is 2.08 bits per heavy atom. The van der Waals surface area contributed by atoms with Gasteiger partial charge in [0, 0.05) is 17.1 Å². The van der Waals surface area contributed by atoms with Crippen LogP contribution in [0.4, 0.5) is 0 Å². The van der Waals surface area contributed by atoms with Crippen LogP contribution in [0.15, 0.2) is 53.0 Å². The Hall–Kier alpha value is -1.85. The van der Waals surface area contributed by atoms with Crippen molar-refractivity contribution in [2.24, 2.45) is 0 Å². The fraction of sp³-hybridized carbons (Fsp3) is 0.211. The van der Waals surface area contributed by atoms with E-state index in [1.54, 1.807) is 6.20 Å². The summed E-state index contributed by atoms with van der Waals surface area (Å²) >= 11 is 1.90. The monoisotopic (exact) mass is 399 g/mol. The van der Waals surface area contributed by atoms with E-state index < -0.39 is 11.2 Å². The highest BCUT2D eigenvalue weighted by Crippen LogP contribution is 2.35. The van der Waals surface area contributed by atoms with Crippen molar-refractivity contribution in [3.8, 4) is 27.9 Å². The predicted molar refractivity (Wildman–Crippen MR) is 109 cm³/mol. The topological polar surface area (TPSA) is 72.6 Å². The third-order valence-corrected chi connectivity index (χ3v) is 7.49. The van der Waals surface area contributed by atoms with Crippen LogP contribution < -0.4 is 0 Å². The van der Waals surface area contributed by atoms with Gasteiger partial charge in [-0.15, -0.1) is 11.3 Å². The Morgan fingerprint density at radius 1 is 1.31 bits per heavy atom. The van der Waals surface area contributed by atoms with Gasteiger partial charge < -0.3 is 4.55 Å². The Kier molecular flexibility index (Phi) is 6.33. The quantitative estimate of drug-likeness (QED) is 0.433. The van der Waals surface area contributed by atoms with Crippen LogP contribution in [0, 0.1) is 11.3 Å². The molecule has 4 nitrogen and oxygen atoms in total. The molecule has 1 atom stereocenters. The van der Waals surface area contributed by atoms with Crippen LogP contribution in [0.3, 0.4) is 0 Å². The van der Waals surface area contributed by atoms with Crippen LogP contribution >= 0.6 is 23.1 Å². The van der Waals surface area contributed by atoms with E-state index in [0.717, 1.165) is 21.8 Å². The van der Waals surface area contributed by atoms with Crippen molar-refractivity contribution < 1.29 is 4.55 Å². The average molecular weight is 400 g/mol. The summed E-state index contributed by atoms with van der Waals surface area (Å²) < 4.78 is 12.2. The highest BCUT2D eigenvalue weighted by molar-refractivity contribution is 8.12. The van der Waals surface area contributed by atoms with Crippen molar-refractivity contribution in [2.75, 3.05) is 5.08 Å². The molecular formula is C19H17N3OS3. The summed E-state index contributed by atoms with van der Waals surface area (Å²) in [4.78, 5) is 9.00. The molecule has 26 heavy (non-hydrogen) atoms. The van der Waals surface area contributed by atoms with Gasteiger partial charge >= 0.3 is 0 Å². The molecule has 3 aromatic rings. The molecule has 0 amide bonds. The summed E-state index contributed by atoms with van der Waals surface area (Å²) in [6, 6.07) is 14.0. The fourth-order valence-electron chi connectivity index (χ4n) is 2.29. The van der Waals surface area contributed by atoms with Gasteiger partial charge in [-0.1, -0.05) is 42.1 Å². The Morgan fingerprint density at radius 3 is 2.69 bits per heavy atom. The SMILES string of the molecule is CC(C)[S+]([O-])CSc1nc(-c2nccs2)cc(-c2ccccc2)c1C#N. The van der Waals surface area contributed by atoms with Crippen molar-refractivity contribution in [1.82, 2.24) is 9.97 Å². The number of thiazole rings is 1. The first kappa shape index (κ1) is 18.9. The molecule has 1 aromatic carbocycles. The van der Waals surface area contributed by atoms with Crippen molar-refractivity contribution in [3.05, 3.63) is 53.5 Å². The molecule has 1 unspecified atom stereocenters. The van der Waals surface area contributed by atoms with Crippen LogP contribution in [0.2, 0.25) is 0 Å². The Labute approximate surface area is 164 Å². The third-order valence-electron chi connectivity index (χ3n) is 3.67. The van der Waals surface area contributed by atoms with Crippen LogP contribution in [0.1, 0.15) is 19.4 Å². The van der Waals surface area contributed by atoms with E-state index in [1.165, 1.54) is 23.1 Å². The molecule has 0 spiro atoms. The predicted octanol–water partition coefficient (Wildman–Crippen LogP) is 4.95. The van der Waals surface area contributed by atoms with Gasteiger partial charge in [0.15, 0.2) is 5.08 Å². The van der Waals surface area contributed by atoms with Crippen LogP contribution in [0.5, 0.6) is 0 Å². The highest BCUT2D eigenvalue weighted by Gasteiger charge is 2.19. The molecule has 0 radical (unpaired) electrons. The zero-order valence-electron chi connectivity index (χ0n) is 14.4. The van der Waals surface area contributed by atoms with E-state index in [9.17, 15) is 9.81 Å². The van der Waals surface area contributed by atoms with Gasteiger partial charge in [-0.05, 0) is 36.7 Å². The van der Waals surface area contributed by atoms with Crippen molar-refractivity contribution in [2.45, 2.75) is 24.1 Å². The summed E-state index contributed by atoms with van der Waals surface area (Å²) in [6.45, 7) is 3.85. The number of nitrogens with zero attached hydrogens (tertiary/aromatic N) is 3. The van der Waals surface area contributed by atoms with Gasteiger partial charge in [-0.2, -0.15) is 5.26 Å². The minimum absolute atomic E-state index is 0.0729. The zero-order chi connectivity index (χ0) is 18.5. The molecule has 0 saturated heterocycles. The number of hydrogen-bond donors (Lipinski definition) is 0. The van der Waals surface area contributed by atoms with E-state index in [1.807, 2.05) is 55.6 Å². The summed E-state index contributed by atoms with van der Waals surface area (Å²) in [6.07, 6.45) is 1.74. The lowest BCUT2D eigenvalue weighted by Crippen LogP contribution is -2.16. The van der Waals surface area contributed by atoms with Crippen LogP contribution in [0.25, 0.3) is 21.8 Å². The third kappa shape index (κ3) is 4.27. The molecule has 2 aromatic heterocycles. The maximum absolute atomic E-state index is 12.2. The number of hydrogen-bond acceptors (Lipinski definition) is 6. The molecule has 7 heteroatoms. The lowest BCUT2D eigenvalue weighted by atomic mass is 10.0. The minimum Gasteiger partial charge on any atom is -0.615 e. The maximum atomic E-state index is 12.2. The second-order valence-corrected chi connectivity index (χ2v) is 9.96. The van der Waals surface area contributed by atoms with E-state index >= 15 is 0 Å². The molecule has 0 aliphatic rings. The summed E-state index contributed by atoms with van der Waals surface area (Å²) in [7, 11) is 0. The molecular weight excluding hydrogens is 382 g/mol. The normalized spacial score (nSPS) is 12.1. The number of pyridine rings is 1. The van der Waals surface area contributed by atoms with E-state index in [0.29, 0.717) is 15.7 Å². The van der Waals surface area contributed by atoms with Gasteiger partial charge in [-0.25, -0.2) is 9.97 Å². The fourth-order valence-corrected chi connectivity index (χ4v) is 5.35. The summed E-state index contributed by atoms with van der Waals surface area (Å²) in [5, 5.41) is 13.6. The van der Waals surface area contributed by atoms with Gasteiger partial charge in [0.25, 0.3) is 0 Å². The lowest BCUT2D eigenvalue weighted by molar-refractivity contribution is 0.591. The smallest absolute Gasteiger partial charge is 0.157 e. The molecule has 0 aliphatic heterocycles. The van der Waals surface area contributed by atoms with E-state index in [4.69, 9.17) is 0 Å². The zero-order valence-corrected chi connectivity index (χ0v) is 16.8. The number of benzene rings is 1. The Bertz CT molecular complexity index is 906. The molecule has 2 heterocycles. The maximum Gasteiger partial charge on any atom is 0.157 e. The van der Waals surface area contributed by atoms with Crippen LogP contribution in [-0.4, -0.2) is 24.9 Å². The molecule has 0 N–H and O–H groups in total. The van der Waals surface area contributed by atoms with Crippen LogP contribution in [-0.2, 0) is 11.2 Å².